The lowest BCUT2D eigenvalue weighted by Gasteiger charge is -2.10. The van der Waals surface area contributed by atoms with Crippen LogP contribution >= 0.6 is 43.5 Å². The molecular formula is C14H15Br2ClN2O. The predicted octanol–water partition coefficient (Wildman–Crippen LogP) is 5.05. The number of hydrogen-bond donors (Lipinski definition) is 0. The first-order valence-electron chi connectivity index (χ1n) is 6.25. The summed E-state index contributed by atoms with van der Waals surface area (Å²) in [6, 6.07) is 5.82. The lowest BCUT2D eigenvalue weighted by molar-refractivity contribution is 0.291. The highest BCUT2D eigenvalue weighted by Crippen LogP contribution is 2.26. The summed E-state index contributed by atoms with van der Waals surface area (Å²) < 4.78 is 9.81. The molecule has 0 aliphatic rings. The number of halogens is 3. The maximum atomic E-state index is 5.89. The molecule has 108 valence electrons. The molecule has 0 atom stereocenters. The minimum absolute atomic E-state index is 0.452. The third-order valence-corrected chi connectivity index (χ3v) is 5.08. The Morgan fingerprint density at radius 3 is 2.75 bits per heavy atom. The molecule has 6 heteroatoms. The lowest BCUT2D eigenvalue weighted by atomic mass is 10.2. The summed E-state index contributed by atoms with van der Waals surface area (Å²) in [6.07, 6.45) is 0. The summed E-state index contributed by atoms with van der Waals surface area (Å²) in [4.78, 5) is 0. The van der Waals surface area contributed by atoms with E-state index in [1.165, 1.54) is 0 Å². The molecule has 0 bridgehead atoms. The van der Waals surface area contributed by atoms with Crippen molar-refractivity contribution in [3.63, 3.8) is 0 Å². The second kappa shape index (κ2) is 6.96. The molecule has 1 aromatic heterocycles. The summed E-state index contributed by atoms with van der Waals surface area (Å²) in [6.45, 7) is 5.33. The third kappa shape index (κ3) is 3.38. The zero-order valence-electron chi connectivity index (χ0n) is 11.3. The van der Waals surface area contributed by atoms with Gasteiger partial charge in [0, 0.05) is 16.9 Å². The molecule has 0 N–H and O–H groups in total. The van der Waals surface area contributed by atoms with E-state index in [1.807, 2.05) is 29.8 Å². The van der Waals surface area contributed by atoms with E-state index in [0.717, 1.165) is 38.2 Å². The summed E-state index contributed by atoms with van der Waals surface area (Å²) in [5.74, 6) is 1.25. The average molecular weight is 423 g/mol. The van der Waals surface area contributed by atoms with Gasteiger partial charge in [-0.1, -0.05) is 15.9 Å². The molecule has 3 nitrogen and oxygen atoms in total. The van der Waals surface area contributed by atoms with E-state index in [1.54, 1.807) is 0 Å². The van der Waals surface area contributed by atoms with Crippen molar-refractivity contribution in [2.75, 3.05) is 0 Å². The Kier molecular flexibility index (Phi) is 5.52. The van der Waals surface area contributed by atoms with Crippen LogP contribution in [0.5, 0.6) is 5.75 Å². The highest BCUT2D eigenvalue weighted by Gasteiger charge is 2.12. The Hall–Kier alpha value is -0.520. The molecule has 1 heterocycles. The Balaban J connectivity index is 2.16. The first-order chi connectivity index (χ1) is 9.56. The van der Waals surface area contributed by atoms with E-state index >= 15 is 0 Å². The first kappa shape index (κ1) is 15.9. The second-order valence-corrected chi connectivity index (χ2v) is 6.25. The number of nitrogens with zero attached hydrogens (tertiary/aromatic N) is 2. The topological polar surface area (TPSA) is 27.1 Å². The minimum Gasteiger partial charge on any atom is -0.487 e. The number of alkyl halides is 1. The zero-order chi connectivity index (χ0) is 14.7. The van der Waals surface area contributed by atoms with Crippen LogP contribution in [0, 0.1) is 6.92 Å². The van der Waals surface area contributed by atoms with Gasteiger partial charge in [-0.3, -0.25) is 4.68 Å². The van der Waals surface area contributed by atoms with Gasteiger partial charge in [0.05, 0.1) is 15.9 Å². The fourth-order valence-corrected chi connectivity index (χ4v) is 3.07. The quantitative estimate of drug-likeness (QED) is 0.630. The van der Waals surface area contributed by atoms with E-state index < -0.39 is 0 Å². The Morgan fingerprint density at radius 2 is 2.10 bits per heavy atom. The Labute approximate surface area is 140 Å². The molecule has 0 fully saturated rings. The molecule has 0 spiro atoms. The molecular weight excluding hydrogens is 407 g/mol. The smallest absolute Gasteiger partial charge is 0.131 e. The first-order valence-corrected chi connectivity index (χ1v) is 8.37. The minimum atomic E-state index is 0.452. The largest absolute Gasteiger partial charge is 0.487 e. The van der Waals surface area contributed by atoms with Crippen molar-refractivity contribution >= 4 is 43.5 Å². The SMILES string of the molecule is CCn1nc(C)c(Br)c1COc1ccc(Br)c(CCl)c1. The number of rotatable bonds is 5. The van der Waals surface area contributed by atoms with Gasteiger partial charge in [0.2, 0.25) is 0 Å². The van der Waals surface area contributed by atoms with Crippen LogP contribution in [-0.4, -0.2) is 9.78 Å². The lowest BCUT2D eigenvalue weighted by Crippen LogP contribution is -2.06. The average Bonchev–Trinajstić information content (AvgIpc) is 2.73. The molecule has 20 heavy (non-hydrogen) atoms. The van der Waals surface area contributed by atoms with Crippen molar-refractivity contribution in [1.82, 2.24) is 9.78 Å². The van der Waals surface area contributed by atoms with Crippen molar-refractivity contribution < 1.29 is 4.74 Å². The van der Waals surface area contributed by atoms with E-state index in [2.05, 4.69) is 43.9 Å². The molecule has 2 aromatic rings. The van der Waals surface area contributed by atoms with Gasteiger partial charge < -0.3 is 4.74 Å². The van der Waals surface area contributed by atoms with E-state index in [0.29, 0.717) is 12.5 Å². The van der Waals surface area contributed by atoms with E-state index in [9.17, 15) is 0 Å². The highest BCUT2D eigenvalue weighted by molar-refractivity contribution is 9.10. The fourth-order valence-electron chi connectivity index (χ4n) is 1.90. The van der Waals surface area contributed by atoms with Crippen LogP contribution in [-0.2, 0) is 19.0 Å². The van der Waals surface area contributed by atoms with Gasteiger partial charge in [-0.25, -0.2) is 0 Å². The molecule has 0 aliphatic heterocycles. The Morgan fingerprint density at radius 1 is 1.35 bits per heavy atom. The summed E-state index contributed by atoms with van der Waals surface area (Å²) >= 11 is 12.9. The van der Waals surface area contributed by atoms with Crippen molar-refractivity contribution in [2.45, 2.75) is 32.9 Å². The molecule has 0 aliphatic carbocycles. The standard InChI is InChI=1S/C14H15Br2ClN2O/c1-3-19-13(14(16)9(2)18-19)8-20-11-4-5-12(15)10(6-11)7-17/h4-6H,3,7-8H2,1-2H3. The van der Waals surface area contributed by atoms with Crippen LogP contribution in [0.2, 0.25) is 0 Å². The van der Waals surface area contributed by atoms with Crippen LogP contribution in [0.1, 0.15) is 23.9 Å². The van der Waals surface area contributed by atoms with Gasteiger partial charge >= 0.3 is 0 Å². The summed E-state index contributed by atoms with van der Waals surface area (Å²) in [5, 5.41) is 4.45. The monoisotopic (exact) mass is 420 g/mol. The molecule has 0 saturated carbocycles. The normalized spacial score (nSPS) is 10.8. The number of ether oxygens (including phenoxy) is 1. The fraction of sp³-hybridized carbons (Fsp3) is 0.357. The molecule has 1 aromatic carbocycles. The highest BCUT2D eigenvalue weighted by atomic mass is 79.9. The van der Waals surface area contributed by atoms with E-state index in [4.69, 9.17) is 16.3 Å². The number of hydrogen-bond acceptors (Lipinski definition) is 2. The summed E-state index contributed by atoms with van der Waals surface area (Å²) in [5.41, 5.74) is 3.03. The van der Waals surface area contributed by atoms with Crippen molar-refractivity contribution in [2.24, 2.45) is 0 Å². The predicted molar refractivity (Wildman–Crippen MR) is 88.4 cm³/mol. The second-order valence-electron chi connectivity index (χ2n) is 4.34. The maximum absolute atomic E-state index is 5.89. The number of benzene rings is 1. The zero-order valence-corrected chi connectivity index (χ0v) is 15.2. The molecule has 0 radical (unpaired) electrons. The van der Waals surface area contributed by atoms with Gasteiger partial charge in [-0.05, 0) is 53.5 Å². The molecule has 0 unspecified atom stereocenters. The Bertz CT molecular complexity index is 613. The van der Waals surface area contributed by atoms with Crippen molar-refractivity contribution in [1.29, 1.82) is 0 Å². The third-order valence-electron chi connectivity index (χ3n) is 2.99. The molecule has 0 saturated heterocycles. The van der Waals surface area contributed by atoms with Gasteiger partial charge in [-0.2, -0.15) is 5.10 Å². The summed E-state index contributed by atoms with van der Waals surface area (Å²) in [7, 11) is 0. The van der Waals surface area contributed by atoms with Gasteiger partial charge in [0.1, 0.15) is 12.4 Å². The van der Waals surface area contributed by atoms with Gasteiger partial charge in [0.15, 0.2) is 0 Å². The number of aryl methyl sites for hydroxylation is 2. The van der Waals surface area contributed by atoms with Crippen molar-refractivity contribution in [3.05, 3.63) is 44.1 Å². The molecule has 0 amide bonds. The van der Waals surface area contributed by atoms with Crippen LogP contribution in [0.25, 0.3) is 0 Å². The van der Waals surface area contributed by atoms with E-state index in [-0.39, 0.29) is 0 Å². The van der Waals surface area contributed by atoms with Gasteiger partial charge in [-0.15, -0.1) is 11.6 Å². The molecule has 2 rings (SSSR count). The van der Waals surface area contributed by atoms with Gasteiger partial charge in [0.25, 0.3) is 0 Å². The van der Waals surface area contributed by atoms with Crippen LogP contribution in [0.4, 0.5) is 0 Å². The van der Waals surface area contributed by atoms with Crippen LogP contribution < -0.4 is 4.74 Å². The van der Waals surface area contributed by atoms with Crippen LogP contribution in [0.3, 0.4) is 0 Å². The number of aromatic nitrogens is 2. The van der Waals surface area contributed by atoms with Crippen LogP contribution in [0.15, 0.2) is 27.1 Å². The van der Waals surface area contributed by atoms with Crippen molar-refractivity contribution in [3.8, 4) is 5.75 Å². The maximum Gasteiger partial charge on any atom is 0.131 e.